The molecule has 0 atom stereocenters. The molecule has 2 heterocycles. The van der Waals surface area contributed by atoms with Gasteiger partial charge in [0.25, 0.3) is 11.1 Å². The molecule has 9 heteroatoms. The van der Waals surface area contributed by atoms with Crippen molar-refractivity contribution < 1.29 is 9.18 Å². The van der Waals surface area contributed by atoms with Crippen molar-refractivity contribution in [3.05, 3.63) is 79.9 Å². The van der Waals surface area contributed by atoms with Crippen LogP contribution in [0.25, 0.3) is 22.0 Å². The number of nitrogens with one attached hydrogen (secondary N) is 2. The highest BCUT2D eigenvalue weighted by Gasteiger charge is 2.14. The molecule has 2 aromatic carbocycles. The Bertz CT molecular complexity index is 1340. The molecule has 0 aliphatic rings. The van der Waals surface area contributed by atoms with Gasteiger partial charge in [-0.25, -0.2) is 14.1 Å². The van der Waals surface area contributed by atoms with Crippen molar-refractivity contribution >= 4 is 33.1 Å². The summed E-state index contributed by atoms with van der Waals surface area (Å²) >= 11 is 1.27. The van der Waals surface area contributed by atoms with Crippen molar-refractivity contribution in [1.29, 1.82) is 0 Å². The number of fused-ring (bicyclic) bond motifs is 1. The minimum Gasteiger partial charge on any atom is -0.300 e. The fourth-order valence-electron chi connectivity index (χ4n) is 2.99. The summed E-state index contributed by atoms with van der Waals surface area (Å²) in [5, 5.41) is 5.92. The van der Waals surface area contributed by atoms with Gasteiger partial charge in [0.2, 0.25) is 5.91 Å². The number of carbonyl (C=O) groups excluding carboxylic acids is 1. The molecule has 0 unspecified atom stereocenters. The third-order valence-corrected chi connectivity index (χ3v) is 5.23. The zero-order valence-corrected chi connectivity index (χ0v) is 16.0. The molecule has 0 aliphatic carbocycles. The van der Waals surface area contributed by atoms with E-state index >= 15 is 0 Å². The Kier molecular flexibility index (Phi) is 4.81. The third kappa shape index (κ3) is 3.72. The number of benzene rings is 2. The van der Waals surface area contributed by atoms with Gasteiger partial charge in [0.05, 0.1) is 16.5 Å². The Morgan fingerprint density at radius 1 is 1.14 bits per heavy atom. The standard InChI is InChI=1S/C20H15FN4O3S/c1-11-17(12-6-8-13(21)9-7-12)23-20(29-11)22-16(26)10-25-19(28)15-5-3-2-4-14(15)18(27)24-25/h2-9H,10H2,1H3,(H,24,27)(H,22,23,26). The van der Waals surface area contributed by atoms with Gasteiger partial charge in [-0.1, -0.05) is 12.1 Å². The van der Waals surface area contributed by atoms with E-state index in [1.54, 1.807) is 36.4 Å². The highest BCUT2D eigenvalue weighted by Crippen LogP contribution is 2.30. The van der Waals surface area contributed by atoms with Crippen LogP contribution in [-0.4, -0.2) is 20.7 Å². The molecule has 0 saturated heterocycles. The first-order chi connectivity index (χ1) is 13.9. The van der Waals surface area contributed by atoms with E-state index in [0.29, 0.717) is 10.8 Å². The smallest absolute Gasteiger partial charge is 0.273 e. The first-order valence-electron chi connectivity index (χ1n) is 8.67. The van der Waals surface area contributed by atoms with Crippen molar-refractivity contribution in [3.8, 4) is 11.3 Å². The number of H-pyrrole nitrogens is 1. The van der Waals surface area contributed by atoms with Crippen LogP contribution >= 0.6 is 11.3 Å². The number of rotatable bonds is 4. The number of amides is 1. The molecule has 4 rings (SSSR count). The van der Waals surface area contributed by atoms with Crippen LogP contribution in [0.3, 0.4) is 0 Å². The van der Waals surface area contributed by atoms with Gasteiger partial charge in [0.15, 0.2) is 5.13 Å². The fraction of sp³-hybridized carbons (Fsp3) is 0.100. The molecular formula is C20H15FN4O3S. The van der Waals surface area contributed by atoms with E-state index in [2.05, 4.69) is 15.4 Å². The second kappa shape index (κ2) is 7.44. The molecule has 0 spiro atoms. The zero-order chi connectivity index (χ0) is 20.5. The Morgan fingerprint density at radius 3 is 2.55 bits per heavy atom. The summed E-state index contributed by atoms with van der Waals surface area (Å²) in [6.07, 6.45) is 0. The number of hydrogen-bond acceptors (Lipinski definition) is 5. The van der Waals surface area contributed by atoms with Crippen molar-refractivity contribution in [2.45, 2.75) is 13.5 Å². The molecule has 0 radical (unpaired) electrons. The number of carbonyl (C=O) groups is 1. The van der Waals surface area contributed by atoms with Gasteiger partial charge < -0.3 is 5.32 Å². The third-order valence-electron chi connectivity index (χ3n) is 4.35. The second-order valence-corrected chi connectivity index (χ2v) is 7.56. The molecule has 2 aromatic heterocycles. The Labute approximate surface area is 167 Å². The molecule has 7 nitrogen and oxygen atoms in total. The lowest BCUT2D eigenvalue weighted by Gasteiger charge is -2.06. The van der Waals surface area contributed by atoms with Crippen molar-refractivity contribution in [2.75, 3.05) is 5.32 Å². The molecule has 4 aromatic rings. The van der Waals surface area contributed by atoms with Crippen LogP contribution in [0, 0.1) is 12.7 Å². The number of aromatic amines is 1. The maximum atomic E-state index is 13.1. The molecule has 0 fully saturated rings. The molecule has 0 bridgehead atoms. The van der Waals surface area contributed by atoms with Gasteiger partial charge in [-0.05, 0) is 43.3 Å². The summed E-state index contributed by atoms with van der Waals surface area (Å²) in [5.41, 5.74) is 0.465. The monoisotopic (exact) mass is 410 g/mol. The van der Waals surface area contributed by atoms with Gasteiger partial charge in [0, 0.05) is 10.4 Å². The maximum Gasteiger partial charge on any atom is 0.273 e. The average Bonchev–Trinajstić information content (AvgIpc) is 3.06. The lowest BCUT2D eigenvalue weighted by molar-refractivity contribution is -0.117. The van der Waals surface area contributed by atoms with Gasteiger partial charge >= 0.3 is 0 Å². The van der Waals surface area contributed by atoms with Crippen LogP contribution in [-0.2, 0) is 11.3 Å². The molecule has 1 amide bonds. The van der Waals surface area contributed by atoms with E-state index in [1.165, 1.54) is 23.5 Å². The lowest BCUT2D eigenvalue weighted by Crippen LogP contribution is -2.34. The molecule has 146 valence electrons. The molecular weight excluding hydrogens is 395 g/mol. The number of aryl methyl sites for hydroxylation is 1. The van der Waals surface area contributed by atoms with Crippen LogP contribution < -0.4 is 16.4 Å². The van der Waals surface area contributed by atoms with E-state index in [4.69, 9.17) is 0 Å². The molecule has 2 N–H and O–H groups in total. The van der Waals surface area contributed by atoms with Gasteiger partial charge in [-0.15, -0.1) is 11.3 Å². The number of thiazole rings is 1. The first-order valence-corrected chi connectivity index (χ1v) is 9.49. The largest absolute Gasteiger partial charge is 0.300 e. The van der Waals surface area contributed by atoms with E-state index in [9.17, 15) is 18.8 Å². The first kappa shape index (κ1) is 18.8. The van der Waals surface area contributed by atoms with E-state index in [1.807, 2.05) is 6.92 Å². The van der Waals surface area contributed by atoms with Crippen LogP contribution in [0.2, 0.25) is 0 Å². The quantitative estimate of drug-likeness (QED) is 0.541. The van der Waals surface area contributed by atoms with Crippen molar-refractivity contribution in [1.82, 2.24) is 14.8 Å². The fourth-order valence-corrected chi connectivity index (χ4v) is 3.84. The van der Waals surface area contributed by atoms with Crippen LogP contribution in [0.4, 0.5) is 9.52 Å². The zero-order valence-electron chi connectivity index (χ0n) is 15.2. The minimum absolute atomic E-state index is 0.243. The SMILES string of the molecule is Cc1sc(NC(=O)Cn2[nH]c(=O)c3ccccc3c2=O)nc1-c1ccc(F)cc1. The number of aromatic nitrogens is 3. The normalized spacial score (nSPS) is 11.0. The van der Waals surface area contributed by atoms with Gasteiger partial charge in [-0.3, -0.25) is 19.5 Å². The topological polar surface area (TPSA) is 96.9 Å². The number of anilines is 1. The second-order valence-electron chi connectivity index (χ2n) is 6.36. The average molecular weight is 410 g/mol. The van der Waals surface area contributed by atoms with Crippen LogP contribution in [0.1, 0.15) is 4.88 Å². The van der Waals surface area contributed by atoms with Crippen molar-refractivity contribution in [3.63, 3.8) is 0 Å². The summed E-state index contributed by atoms with van der Waals surface area (Å²) in [6, 6.07) is 12.3. The predicted molar refractivity (Wildman–Crippen MR) is 110 cm³/mol. The Morgan fingerprint density at radius 2 is 1.83 bits per heavy atom. The van der Waals surface area contributed by atoms with Crippen molar-refractivity contribution in [2.24, 2.45) is 0 Å². The molecule has 0 aliphatic heterocycles. The van der Waals surface area contributed by atoms with Gasteiger partial charge in [0.1, 0.15) is 12.4 Å². The van der Waals surface area contributed by atoms with E-state index in [-0.39, 0.29) is 23.1 Å². The Hall–Kier alpha value is -3.59. The van der Waals surface area contributed by atoms with Gasteiger partial charge in [-0.2, -0.15) is 0 Å². The predicted octanol–water partition coefficient (Wildman–Crippen LogP) is 2.90. The van der Waals surface area contributed by atoms with Crippen LogP contribution in [0.5, 0.6) is 0 Å². The summed E-state index contributed by atoms with van der Waals surface area (Å²) in [6.45, 7) is 1.49. The number of halogens is 1. The summed E-state index contributed by atoms with van der Waals surface area (Å²) in [4.78, 5) is 42.3. The summed E-state index contributed by atoms with van der Waals surface area (Å²) < 4.78 is 14.1. The van der Waals surface area contributed by atoms with Crippen LogP contribution in [0.15, 0.2) is 58.1 Å². The summed E-state index contributed by atoms with van der Waals surface area (Å²) in [7, 11) is 0. The highest BCUT2D eigenvalue weighted by molar-refractivity contribution is 7.16. The minimum atomic E-state index is -0.502. The Balaban J connectivity index is 1.57. The lowest BCUT2D eigenvalue weighted by atomic mass is 10.1. The van der Waals surface area contributed by atoms with E-state index < -0.39 is 17.0 Å². The molecule has 29 heavy (non-hydrogen) atoms. The van der Waals surface area contributed by atoms with E-state index in [0.717, 1.165) is 15.1 Å². The maximum absolute atomic E-state index is 13.1. The molecule has 0 saturated carbocycles. The highest BCUT2D eigenvalue weighted by atomic mass is 32.1. The summed E-state index contributed by atoms with van der Waals surface area (Å²) in [5.74, 6) is -0.845. The number of hydrogen-bond donors (Lipinski definition) is 2. The number of nitrogens with zero attached hydrogens (tertiary/aromatic N) is 2.